The lowest BCUT2D eigenvalue weighted by Crippen LogP contribution is -2.25. The number of methoxy groups -OCH3 is 2. The van der Waals surface area contributed by atoms with Gasteiger partial charge in [0.15, 0.2) is 6.61 Å². The fourth-order valence-corrected chi connectivity index (χ4v) is 2.63. The van der Waals surface area contributed by atoms with Gasteiger partial charge in [0.2, 0.25) is 0 Å². The van der Waals surface area contributed by atoms with E-state index in [1.807, 2.05) is 12.2 Å². The lowest BCUT2D eigenvalue weighted by Gasteiger charge is -2.16. The first-order valence-electron chi connectivity index (χ1n) is 8.37. The van der Waals surface area contributed by atoms with Gasteiger partial charge in [0.05, 0.1) is 31.3 Å². The van der Waals surface area contributed by atoms with Crippen molar-refractivity contribution in [3.8, 4) is 0 Å². The second kappa shape index (κ2) is 9.51. The van der Waals surface area contributed by atoms with Crippen LogP contribution in [0.15, 0.2) is 30.4 Å². The molecule has 1 amide bonds. The Bertz CT molecular complexity index is 735. The molecule has 1 aliphatic carbocycles. The molecule has 0 saturated carbocycles. The predicted octanol–water partition coefficient (Wildman–Crippen LogP) is 2.10. The van der Waals surface area contributed by atoms with Crippen molar-refractivity contribution in [2.45, 2.75) is 19.3 Å². The van der Waals surface area contributed by atoms with Crippen LogP contribution < -0.4 is 5.32 Å². The smallest absolute Gasteiger partial charge is 0.337 e. The second-order valence-corrected chi connectivity index (χ2v) is 5.92. The van der Waals surface area contributed by atoms with Crippen LogP contribution in [0.25, 0.3) is 0 Å². The molecule has 0 spiro atoms. The Hall–Kier alpha value is -3.16. The van der Waals surface area contributed by atoms with Gasteiger partial charge >= 0.3 is 17.9 Å². The minimum atomic E-state index is -0.673. The fraction of sp³-hybridized carbons (Fsp3) is 0.368. The van der Waals surface area contributed by atoms with Crippen molar-refractivity contribution in [1.29, 1.82) is 0 Å². The van der Waals surface area contributed by atoms with E-state index >= 15 is 0 Å². The molecule has 0 fully saturated rings. The van der Waals surface area contributed by atoms with Gasteiger partial charge in [-0.05, 0) is 37.5 Å². The monoisotopic (exact) mass is 375 g/mol. The second-order valence-electron chi connectivity index (χ2n) is 5.92. The predicted molar refractivity (Wildman–Crippen MR) is 95.2 cm³/mol. The number of amides is 1. The summed E-state index contributed by atoms with van der Waals surface area (Å²) >= 11 is 0. The summed E-state index contributed by atoms with van der Waals surface area (Å²) in [5.74, 6) is -2.60. The van der Waals surface area contributed by atoms with E-state index in [1.165, 1.54) is 32.4 Å². The Morgan fingerprint density at radius 2 is 1.63 bits per heavy atom. The van der Waals surface area contributed by atoms with Gasteiger partial charge in [-0.2, -0.15) is 0 Å². The van der Waals surface area contributed by atoms with Crippen LogP contribution in [0.5, 0.6) is 0 Å². The average Bonchev–Trinajstić information content (AvgIpc) is 2.71. The Morgan fingerprint density at radius 3 is 2.15 bits per heavy atom. The van der Waals surface area contributed by atoms with Crippen molar-refractivity contribution in [3.63, 3.8) is 0 Å². The molecule has 144 valence electrons. The first kappa shape index (κ1) is 20.2. The normalized spacial score (nSPS) is 15.6. The lowest BCUT2D eigenvalue weighted by molar-refractivity contribution is -0.151. The number of allylic oxidation sites excluding steroid dienone is 2. The summed E-state index contributed by atoms with van der Waals surface area (Å²) < 4.78 is 14.3. The largest absolute Gasteiger partial charge is 0.465 e. The molecule has 1 atom stereocenters. The number of nitrogens with one attached hydrogen (secondary N) is 1. The average molecular weight is 375 g/mol. The minimum absolute atomic E-state index is 0.0710. The van der Waals surface area contributed by atoms with E-state index in [9.17, 15) is 19.2 Å². The maximum Gasteiger partial charge on any atom is 0.337 e. The summed E-state index contributed by atoms with van der Waals surface area (Å²) in [7, 11) is 2.40. The zero-order chi connectivity index (χ0) is 19.8. The molecule has 0 aromatic heterocycles. The fourth-order valence-electron chi connectivity index (χ4n) is 2.63. The minimum Gasteiger partial charge on any atom is -0.465 e. The van der Waals surface area contributed by atoms with E-state index in [-0.39, 0.29) is 22.7 Å². The van der Waals surface area contributed by atoms with Gasteiger partial charge < -0.3 is 19.5 Å². The number of benzene rings is 1. The van der Waals surface area contributed by atoms with Gasteiger partial charge in [-0.1, -0.05) is 12.2 Å². The zero-order valence-corrected chi connectivity index (χ0v) is 15.2. The number of ether oxygens (including phenoxy) is 3. The van der Waals surface area contributed by atoms with Gasteiger partial charge in [0.25, 0.3) is 5.91 Å². The maximum atomic E-state index is 12.1. The van der Waals surface area contributed by atoms with Crippen molar-refractivity contribution in [3.05, 3.63) is 41.5 Å². The van der Waals surface area contributed by atoms with Crippen LogP contribution in [0.2, 0.25) is 0 Å². The third kappa shape index (κ3) is 5.67. The highest BCUT2D eigenvalue weighted by Gasteiger charge is 2.21. The standard InChI is InChI=1S/C19H21NO7/c1-25-17(22)13-8-14(18(23)26-2)10-15(9-13)20-16(21)11-27-19(24)12-6-4-3-5-7-12/h3-4,8-10,12H,5-7,11H2,1-2H3,(H,20,21). The highest BCUT2D eigenvalue weighted by Crippen LogP contribution is 2.20. The van der Waals surface area contributed by atoms with Gasteiger partial charge in [-0.25, -0.2) is 9.59 Å². The Kier molecular flexibility index (Phi) is 7.10. The van der Waals surface area contributed by atoms with E-state index in [0.717, 1.165) is 6.42 Å². The van der Waals surface area contributed by atoms with Gasteiger partial charge in [-0.3, -0.25) is 9.59 Å². The molecule has 0 radical (unpaired) electrons. The third-order valence-corrected chi connectivity index (χ3v) is 4.01. The number of carbonyl (C=O) groups is 4. The quantitative estimate of drug-likeness (QED) is 0.461. The molecule has 0 bridgehead atoms. The van der Waals surface area contributed by atoms with Crippen LogP contribution in [0.4, 0.5) is 5.69 Å². The molecule has 27 heavy (non-hydrogen) atoms. The van der Waals surface area contributed by atoms with E-state index in [0.29, 0.717) is 12.8 Å². The molecule has 0 aliphatic heterocycles. The number of hydrogen-bond acceptors (Lipinski definition) is 7. The molecule has 1 aromatic rings. The zero-order valence-electron chi connectivity index (χ0n) is 15.2. The first-order valence-corrected chi connectivity index (χ1v) is 8.37. The highest BCUT2D eigenvalue weighted by molar-refractivity contribution is 6.00. The number of esters is 3. The first-order chi connectivity index (χ1) is 12.9. The SMILES string of the molecule is COC(=O)c1cc(NC(=O)COC(=O)C2CC=CCC2)cc(C(=O)OC)c1. The number of anilines is 1. The summed E-state index contributed by atoms with van der Waals surface area (Å²) in [5, 5.41) is 2.49. The molecule has 0 heterocycles. The molecule has 8 nitrogen and oxygen atoms in total. The summed E-state index contributed by atoms with van der Waals surface area (Å²) in [6, 6.07) is 4.00. The maximum absolute atomic E-state index is 12.1. The topological polar surface area (TPSA) is 108 Å². The molecule has 8 heteroatoms. The van der Waals surface area contributed by atoms with Gasteiger partial charge in [0.1, 0.15) is 0 Å². The van der Waals surface area contributed by atoms with Crippen molar-refractivity contribution < 1.29 is 33.4 Å². The number of carbonyl (C=O) groups excluding carboxylic acids is 4. The molecule has 0 saturated heterocycles. The lowest BCUT2D eigenvalue weighted by atomic mass is 9.95. The van der Waals surface area contributed by atoms with Crippen LogP contribution in [0.1, 0.15) is 40.0 Å². The van der Waals surface area contributed by atoms with Gasteiger partial charge in [-0.15, -0.1) is 0 Å². The van der Waals surface area contributed by atoms with E-state index < -0.39 is 30.4 Å². The summed E-state index contributed by atoms with van der Waals surface area (Å²) in [4.78, 5) is 47.5. The summed E-state index contributed by atoms with van der Waals surface area (Å²) in [6.45, 7) is -0.463. The third-order valence-electron chi connectivity index (χ3n) is 4.01. The molecule has 1 N–H and O–H groups in total. The van der Waals surface area contributed by atoms with Crippen molar-refractivity contribution in [2.24, 2.45) is 5.92 Å². The van der Waals surface area contributed by atoms with E-state index in [2.05, 4.69) is 14.8 Å². The summed E-state index contributed by atoms with van der Waals surface area (Å²) in [5.41, 5.74) is 0.323. The molecular formula is C19H21NO7. The van der Waals surface area contributed by atoms with Gasteiger partial charge in [0, 0.05) is 5.69 Å². The Labute approximate surface area is 156 Å². The van der Waals surface area contributed by atoms with Crippen LogP contribution in [-0.2, 0) is 23.8 Å². The molecule has 1 unspecified atom stereocenters. The van der Waals surface area contributed by atoms with Crippen LogP contribution in [-0.4, -0.2) is 44.6 Å². The molecular weight excluding hydrogens is 354 g/mol. The molecule has 1 aromatic carbocycles. The summed E-state index contributed by atoms with van der Waals surface area (Å²) in [6.07, 6.45) is 6.03. The van der Waals surface area contributed by atoms with Crippen molar-refractivity contribution in [1.82, 2.24) is 0 Å². The highest BCUT2D eigenvalue weighted by atomic mass is 16.5. The Morgan fingerprint density at radius 1 is 1.00 bits per heavy atom. The van der Waals surface area contributed by atoms with E-state index in [1.54, 1.807) is 0 Å². The van der Waals surface area contributed by atoms with Crippen LogP contribution in [0, 0.1) is 5.92 Å². The number of rotatable bonds is 6. The number of hydrogen-bond donors (Lipinski definition) is 1. The molecule has 2 rings (SSSR count). The van der Waals surface area contributed by atoms with E-state index in [4.69, 9.17) is 4.74 Å². The van der Waals surface area contributed by atoms with Crippen LogP contribution in [0.3, 0.4) is 0 Å². The van der Waals surface area contributed by atoms with Crippen molar-refractivity contribution >= 4 is 29.5 Å². The van der Waals surface area contributed by atoms with Crippen molar-refractivity contribution in [2.75, 3.05) is 26.1 Å². The molecule has 1 aliphatic rings. The van der Waals surface area contributed by atoms with Crippen LogP contribution >= 0.6 is 0 Å². The Balaban J connectivity index is 2.03.